The van der Waals surface area contributed by atoms with Crippen molar-refractivity contribution in [2.75, 3.05) is 18.2 Å². The van der Waals surface area contributed by atoms with E-state index in [1.165, 1.54) is 5.56 Å². The van der Waals surface area contributed by atoms with Crippen molar-refractivity contribution < 1.29 is 4.74 Å². The summed E-state index contributed by atoms with van der Waals surface area (Å²) in [7, 11) is 1.67. The Kier molecular flexibility index (Phi) is 3.95. The molecular formula is C16H20N2O. The van der Waals surface area contributed by atoms with Crippen molar-refractivity contribution in [2.24, 2.45) is 0 Å². The van der Waals surface area contributed by atoms with Crippen molar-refractivity contribution >= 4 is 11.4 Å². The predicted molar refractivity (Wildman–Crippen MR) is 80.6 cm³/mol. The second-order valence-electron chi connectivity index (χ2n) is 4.77. The molecule has 1 atom stereocenters. The first-order valence-corrected chi connectivity index (χ1v) is 6.36. The van der Waals surface area contributed by atoms with E-state index in [-0.39, 0.29) is 6.04 Å². The normalized spacial score (nSPS) is 11.9. The molecule has 0 bridgehead atoms. The third-order valence-corrected chi connectivity index (χ3v) is 3.10. The number of nitrogens with two attached hydrogens (primary N) is 1. The van der Waals surface area contributed by atoms with Gasteiger partial charge >= 0.3 is 0 Å². The molecule has 0 aliphatic heterocycles. The second-order valence-corrected chi connectivity index (χ2v) is 4.77. The molecule has 0 radical (unpaired) electrons. The highest BCUT2D eigenvalue weighted by molar-refractivity contribution is 5.57. The zero-order valence-corrected chi connectivity index (χ0v) is 11.6. The molecule has 19 heavy (non-hydrogen) atoms. The lowest BCUT2D eigenvalue weighted by Gasteiger charge is -2.17. The molecular weight excluding hydrogens is 236 g/mol. The number of nitrogen functional groups attached to an aromatic ring is 1. The molecule has 100 valence electrons. The van der Waals surface area contributed by atoms with Crippen molar-refractivity contribution in [3.63, 3.8) is 0 Å². The minimum absolute atomic E-state index is 0.215. The maximum absolute atomic E-state index is 5.86. The van der Waals surface area contributed by atoms with Gasteiger partial charge in [0.15, 0.2) is 0 Å². The fourth-order valence-electron chi connectivity index (χ4n) is 2.12. The molecule has 3 heteroatoms. The van der Waals surface area contributed by atoms with Crippen LogP contribution in [0.4, 0.5) is 11.4 Å². The summed E-state index contributed by atoms with van der Waals surface area (Å²) in [5.41, 5.74) is 10.0. The number of ether oxygens (including phenoxy) is 1. The highest BCUT2D eigenvalue weighted by atomic mass is 16.5. The van der Waals surface area contributed by atoms with E-state index in [4.69, 9.17) is 10.5 Å². The lowest BCUT2D eigenvalue weighted by molar-refractivity contribution is 0.414. The average molecular weight is 256 g/mol. The molecule has 0 heterocycles. The fourth-order valence-corrected chi connectivity index (χ4v) is 2.12. The van der Waals surface area contributed by atoms with E-state index in [1.54, 1.807) is 7.11 Å². The number of anilines is 2. The van der Waals surface area contributed by atoms with Crippen LogP contribution in [0.1, 0.15) is 24.1 Å². The Balaban J connectivity index is 2.13. The van der Waals surface area contributed by atoms with Crippen molar-refractivity contribution in [1.82, 2.24) is 0 Å². The van der Waals surface area contributed by atoms with Gasteiger partial charge in [0, 0.05) is 17.4 Å². The molecule has 2 rings (SSSR count). The smallest absolute Gasteiger partial charge is 0.118 e. The van der Waals surface area contributed by atoms with E-state index in [1.807, 2.05) is 31.2 Å². The van der Waals surface area contributed by atoms with Gasteiger partial charge in [0.2, 0.25) is 0 Å². The standard InChI is InChI=1S/C16H20N2O/c1-11-8-14(17)10-15(9-11)18-12(2)13-4-6-16(19-3)7-5-13/h4-10,12,18H,17H2,1-3H3. The number of hydrogen-bond acceptors (Lipinski definition) is 3. The van der Waals surface area contributed by atoms with Crippen LogP contribution in [0.25, 0.3) is 0 Å². The Hall–Kier alpha value is -2.16. The number of rotatable bonds is 4. The number of methoxy groups -OCH3 is 1. The van der Waals surface area contributed by atoms with Crippen LogP contribution in [0, 0.1) is 6.92 Å². The van der Waals surface area contributed by atoms with Crippen LogP contribution in [-0.4, -0.2) is 7.11 Å². The Morgan fingerprint density at radius 3 is 2.37 bits per heavy atom. The highest BCUT2D eigenvalue weighted by Gasteiger charge is 2.06. The number of hydrogen-bond donors (Lipinski definition) is 2. The SMILES string of the molecule is COc1ccc(C(C)Nc2cc(C)cc(N)c2)cc1. The lowest BCUT2D eigenvalue weighted by atomic mass is 10.1. The number of benzene rings is 2. The van der Waals surface area contributed by atoms with Gasteiger partial charge in [-0.15, -0.1) is 0 Å². The van der Waals surface area contributed by atoms with Gasteiger partial charge < -0.3 is 15.8 Å². The minimum atomic E-state index is 0.215. The summed E-state index contributed by atoms with van der Waals surface area (Å²) < 4.78 is 5.16. The van der Waals surface area contributed by atoms with Gasteiger partial charge in [0.1, 0.15) is 5.75 Å². The van der Waals surface area contributed by atoms with Crippen molar-refractivity contribution in [2.45, 2.75) is 19.9 Å². The third kappa shape index (κ3) is 3.41. The molecule has 1 unspecified atom stereocenters. The van der Waals surface area contributed by atoms with Gasteiger partial charge in [-0.05, 0) is 55.3 Å². The first kappa shape index (κ1) is 13.3. The first-order valence-electron chi connectivity index (χ1n) is 6.36. The molecule has 3 nitrogen and oxygen atoms in total. The largest absolute Gasteiger partial charge is 0.497 e. The van der Waals surface area contributed by atoms with E-state index in [0.29, 0.717) is 0 Å². The molecule has 0 spiro atoms. The van der Waals surface area contributed by atoms with Gasteiger partial charge in [0.25, 0.3) is 0 Å². The summed E-state index contributed by atoms with van der Waals surface area (Å²) in [6, 6.07) is 14.3. The predicted octanol–water partition coefficient (Wildman–Crippen LogP) is 3.76. The van der Waals surface area contributed by atoms with E-state index in [0.717, 1.165) is 22.7 Å². The third-order valence-electron chi connectivity index (χ3n) is 3.10. The van der Waals surface area contributed by atoms with Gasteiger partial charge in [-0.1, -0.05) is 12.1 Å². The van der Waals surface area contributed by atoms with E-state index >= 15 is 0 Å². The van der Waals surface area contributed by atoms with Crippen LogP contribution in [0.5, 0.6) is 5.75 Å². The van der Waals surface area contributed by atoms with Crippen LogP contribution in [0.3, 0.4) is 0 Å². The average Bonchev–Trinajstić information content (AvgIpc) is 2.37. The minimum Gasteiger partial charge on any atom is -0.497 e. The van der Waals surface area contributed by atoms with Crippen molar-refractivity contribution in [3.8, 4) is 5.75 Å². The summed E-state index contributed by atoms with van der Waals surface area (Å²) in [4.78, 5) is 0. The number of nitrogens with one attached hydrogen (secondary N) is 1. The van der Waals surface area contributed by atoms with Gasteiger partial charge in [-0.3, -0.25) is 0 Å². The summed E-state index contributed by atoms with van der Waals surface area (Å²) in [5.74, 6) is 0.871. The van der Waals surface area contributed by atoms with E-state index < -0.39 is 0 Å². The van der Waals surface area contributed by atoms with E-state index in [9.17, 15) is 0 Å². The van der Waals surface area contributed by atoms with Gasteiger partial charge in [-0.25, -0.2) is 0 Å². The molecule has 0 saturated heterocycles. The maximum atomic E-state index is 5.86. The summed E-state index contributed by atoms with van der Waals surface area (Å²) in [6.45, 7) is 4.17. The van der Waals surface area contributed by atoms with Crippen molar-refractivity contribution in [1.29, 1.82) is 0 Å². The molecule has 0 saturated carbocycles. The molecule has 0 aliphatic rings. The zero-order valence-electron chi connectivity index (χ0n) is 11.6. The van der Waals surface area contributed by atoms with Gasteiger partial charge in [0.05, 0.1) is 7.11 Å². The quantitative estimate of drug-likeness (QED) is 0.819. The second kappa shape index (κ2) is 5.65. The van der Waals surface area contributed by atoms with Gasteiger partial charge in [-0.2, -0.15) is 0 Å². The Morgan fingerprint density at radius 1 is 1.11 bits per heavy atom. The summed E-state index contributed by atoms with van der Waals surface area (Å²) in [5, 5.41) is 3.46. The molecule has 2 aromatic carbocycles. The van der Waals surface area contributed by atoms with Crippen LogP contribution >= 0.6 is 0 Å². The first-order chi connectivity index (χ1) is 9.08. The van der Waals surface area contributed by atoms with Crippen LogP contribution in [0.2, 0.25) is 0 Å². The fraction of sp³-hybridized carbons (Fsp3) is 0.250. The maximum Gasteiger partial charge on any atom is 0.118 e. The Bertz CT molecular complexity index is 529. The number of aryl methyl sites for hydroxylation is 1. The van der Waals surface area contributed by atoms with Crippen molar-refractivity contribution in [3.05, 3.63) is 53.6 Å². The topological polar surface area (TPSA) is 47.3 Å². The summed E-state index contributed by atoms with van der Waals surface area (Å²) >= 11 is 0. The Labute approximate surface area is 114 Å². The molecule has 0 aliphatic carbocycles. The van der Waals surface area contributed by atoms with E-state index in [2.05, 4.69) is 30.4 Å². The molecule has 2 aromatic rings. The highest BCUT2D eigenvalue weighted by Crippen LogP contribution is 2.23. The van der Waals surface area contributed by atoms with Crippen LogP contribution in [-0.2, 0) is 0 Å². The Morgan fingerprint density at radius 2 is 1.79 bits per heavy atom. The molecule has 0 aromatic heterocycles. The molecule has 0 amide bonds. The summed E-state index contributed by atoms with van der Waals surface area (Å²) in [6.07, 6.45) is 0. The molecule has 3 N–H and O–H groups in total. The zero-order chi connectivity index (χ0) is 13.8. The van der Waals surface area contributed by atoms with Crippen LogP contribution < -0.4 is 15.8 Å². The lowest BCUT2D eigenvalue weighted by Crippen LogP contribution is -2.07. The molecule has 0 fully saturated rings. The monoisotopic (exact) mass is 256 g/mol. The van der Waals surface area contributed by atoms with Crippen LogP contribution in [0.15, 0.2) is 42.5 Å².